The number of hydrogen-bond acceptors (Lipinski definition) is 4. The first kappa shape index (κ1) is 13.3. The summed E-state index contributed by atoms with van der Waals surface area (Å²) in [7, 11) is 3.63. The number of rotatable bonds is 5. The molecule has 0 saturated heterocycles. The molecule has 0 unspecified atom stereocenters. The van der Waals surface area contributed by atoms with Crippen LogP contribution in [0.4, 0.5) is 0 Å². The predicted molar refractivity (Wildman–Crippen MR) is 66.4 cm³/mol. The third kappa shape index (κ3) is 3.35. The van der Waals surface area contributed by atoms with Gasteiger partial charge in [-0.05, 0) is 31.7 Å². The number of halogens is 1. The van der Waals surface area contributed by atoms with Gasteiger partial charge in [-0.3, -0.25) is 10.7 Å². The minimum Gasteiger partial charge on any atom is -0.496 e. The van der Waals surface area contributed by atoms with Gasteiger partial charge in [0, 0.05) is 17.1 Å². The predicted octanol–water partition coefficient (Wildman–Crippen LogP) is 1.51. The van der Waals surface area contributed by atoms with Gasteiger partial charge in [-0.1, -0.05) is 11.6 Å². The van der Waals surface area contributed by atoms with Crippen LogP contribution >= 0.6 is 11.6 Å². The molecule has 0 fully saturated rings. The van der Waals surface area contributed by atoms with Crippen LogP contribution in [0.3, 0.4) is 0 Å². The van der Waals surface area contributed by atoms with Crippen molar-refractivity contribution >= 4 is 11.6 Å². The fourth-order valence-electron chi connectivity index (χ4n) is 1.51. The van der Waals surface area contributed by atoms with Gasteiger partial charge < -0.3 is 4.74 Å². The highest BCUT2D eigenvalue weighted by molar-refractivity contribution is 6.31. The molecule has 1 aromatic carbocycles. The summed E-state index contributed by atoms with van der Waals surface area (Å²) >= 11 is 6.09. The van der Waals surface area contributed by atoms with E-state index in [0.717, 1.165) is 28.4 Å². The van der Waals surface area contributed by atoms with E-state index in [0.29, 0.717) is 6.67 Å². The maximum atomic E-state index is 6.09. The second-order valence-corrected chi connectivity index (χ2v) is 4.20. The van der Waals surface area contributed by atoms with E-state index in [9.17, 15) is 0 Å². The van der Waals surface area contributed by atoms with Crippen LogP contribution in [0.25, 0.3) is 0 Å². The van der Waals surface area contributed by atoms with Gasteiger partial charge in [0.2, 0.25) is 0 Å². The molecule has 0 aliphatic carbocycles. The first-order valence-corrected chi connectivity index (χ1v) is 5.41. The summed E-state index contributed by atoms with van der Waals surface area (Å²) in [6.45, 7) is 3.29. The Labute approximate surface area is 101 Å². The third-order valence-electron chi connectivity index (χ3n) is 2.36. The zero-order valence-corrected chi connectivity index (χ0v) is 10.6. The minimum absolute atomic E-state index is 0.606. The van der Waals surface area contributed by atoms with Gasteiger partial charge in [0.25, 0.3) is 0 Å². The normalized spacial score (nSPS) is 10.9. The van der Waals surface area contributed by atoms with Crippen molar-refractivity contribution in [2.24, 2.45) is 5.84 Å². The van der Waals surface area contributed by atoms with Crippen molar-refractivity contribution in [2.75, 3.05) is 20.8 Å². The average molecular weight is 244 g/mol. The van der Waals surface area contributed by atoms with Gasteiger partial charge in [0.05, 0.1) is 13.8 Å². The van der Waals surface area contributed by atoms with Crippen molar-refractivity contribution in [3.05, 3.63) is 28.3 Å². The summed E-state index contributed by atoms with van der Waals surface area (Å²) in [6.07, 6.45) is 0. The van der Waals surface area contributed by atoms with Gasteiger partial charge >= 0.3 is 0 Å². The molecule has 0 aromatic heterocycles. The molecule has 1 rings (SSSR count). The first-order chi connectivity index (χ1) is 7.58. The van der Waals surface area contributed by atoms with Gasteiger partial charge in [-0.2, -0.15) is 0 Å². The Morgan fingerprint density at radius 3 is 2.75 bits per heavy atom. The van der Waals surface area contributed by atoms with Crippen LogP contribution in [0, 0.1) is 6.92 Å². The fourth-order valence-corrected chi connectivity index (χ4v) is 1.70. The highest BCUT2D eigenvalue weighted by Gasteiger charge is 2.08. The summed E-state index contributed by atoms with van der Waals surface area (Å²) in [4.78, 5) is 2.03. The quantitative estimate of drug-likeness (QED) is 0.468. The Morgan fingerprint density at radius 2 is 2.19 bits per heavy atom. The largest absolute Gasteiger partial charge is 0.496 e. The van der Waals surface area contributed by atoms with Crippen LogP contribution in [-0.2, 0) is 6.54 Å². The number of aryl methyl sites for hydroxylation is 1. The topological polar surface area (TPSA) is 50.5 Å². The van der Waals surface area contributed by atoms with E-state index < -0.39 is 0 Å². The van der Waals surface area contributed by atoms with Crippen LogP contribution in [0.15, 0.2) is 12.1 Å². The molecule has 1 aromatic rings. The Kier molecular flexibility index (Phi) is 5.02. The van der Waals surface area contributed by atoms with E-state index >= 15 is 0 Å². The molecule has 0 aliphatic rings. The van der Waals surface area contributed by atoms with Crippen molar-refractivity contribution in [3.8, 4) is 5.75 Å². The SMILES string of the molecule is COc1cc(C)c(Cl)cc1CN(C)CNN. The van der Waals surface area contributed by atoms with E-state index in [-0.39, 0.29) is 0 Å². The van der Waals surface area contributed by atoms with Crippen molar-refractivity contribution in [3.63, 3.8) is 0 Å². The average Bonchev–Trinajstić information content (AvgIpc) is 2.23. The number of ether oxygens (including phenoxy) is 1. The summed E-state index contributed by atoms with van der Waals surface area (Å²) < 4.78 is 5.32. The van der Waals surface area contributed by atoms with Crippen LogP contribution in [0.5, 0.6) is 5.75 Å². The Bertz CT molecular complexity index is 357. The van der Waals surface area contributed by atoms with Crippen LogP contribution in [-0.4, -0.2) is 25.7 Å². The molecule has 4 nitrogen and oxygen atoms in total. The molecule has 3 N–H and O–H groups in total. The monoisotopic (exact) mass is 243 g/mol. The summed E-state index contributed by atoms with van der Waals surface area (Å²) in [6, 6.07) is 3.88. The van der Waals surface area contributed by atoms with Gasteiger partial charge in [0.15, 0.2) is 0 Å². The van der Waals surface area contributed by atoms with Crippen LogP contribution in [0.1, 0.15) is 11.1 Å². The van der Waals surface area contributed by atoms with Crippen LogP contribution < -0.4 is 16.0 Å². The highest BCUT2D eigenvalue weighted by Crippen LogP contribution is 2.27. The van der Waals surface area contributed by atoms with Crippen LogP contribution in [0.2, 0.25) is 5.02 Å². The molecule has 0 spiro atoms. The molecule has 0 amide bonds. The van der Waals surface area contributed by atoms with Crippen molar-refractivity contribution < 1.29 is 4.74 Å². The molecule has 16 heavy (non-hydrogen) atoms. The fraction of sp³-hybridized carbons (Fsp3) is 0.455. The number of hydrogen-bond donors (Lipinski definition) is 2. The maximum Gasteiger partial charge on any atom is 0.123 e. The number of nitrogens with zero attached hydrogens (tertiary/aromatic N) is 1. The lowest BCUT2D eigenvalue weighted by Crippen LogP contribution is -2.35. The number of methoxy groups -OCH3 is 1. The Hall–Kier alpha value is -0.810. The second kappa shape index (κ2) is 6.06. The Morgan fingerprint density at radius 1 is 1.50 bits per heavy atom. The summed E-state index contributed by atoms with van der Waals surface area (Å²) in [5.74, 6) is 6.11. The first-order valence-electron chi connectivity index (χ1n) is 5.03. The molecule has 0 atom stereocenters. The van der Waals surface area contributed by atoms with E-state index in [2.05, 4.69) is 5.43 Å². The minimum atomic E-state index is 0.606. The van der Waals surface area contributed by atoms with Crippen molar-refractivity contribution in [2.45, 2.75) is 13.5 Å². The standard InChI is InChI=1S/C11H18ClN3O/c1-8-4-11(16-3)9(5-10(8)12)6-15(2)7-14-13/h4-5,14H,6-7,13H2,1-3H3. The third-order valence-corrected chi connectivity index (χ3v) is 2.77. The zero-order chi connectivity index (χ0) is 12.1. The molecule has 0 bridgehead atoms. The van der Waals surface area contributed by atoms with Crippen molar-refractivity contribution in [1.82, 2.24) is 10.3 Å². The summed E-state index contributed by atoms with van der Waals surface area (Å²) in [5.41, 5.74) is 4.67. The number of nitrogens with one attached hydrogen (secondary N) is 1. The number of hydrazine groups is 1. The second-order valence-electron chi connectivity index (χ2n) is 3.79. The van der Waals surface area contributed by atoms with Gasteiger partial charge in [-0.25, -0.2) is 5.43 Å². The van der Waals surface area contributed by atoms with Gasteiger partial charge in [-0.15, -0.1) is 0 Å². The molecule has 5 heteroatoms. The molecule has 90 valence electrons. The number of nitrogens with two attached hydrogens (primary N) is 1. The molecule has 0 heterocycles. The summed E-state index contributed by atoms with van der Waals surface area (Å²) in [5, 5.41) is 0.755. The lowest BCUT2D eigenvalue weighted by Gasteiger charge is -2.18. The molecular weight excluding hydrogens is 226 g/mol. The van der Waals surface area contributed by atoms with E-state index in [1.54, 1.807) is 7.11 Å². The molecule has 0 saturated carbocycles. The highest BCUT2D eigenvalue weighted by atomic mass is 35.5. The van der Waals surface area contributed by atoms with E-state index in [4.69, 9.17) is 22.2 Å². The Balaban J connectivity index is 2.89. The van der Waals surface area contributed by atoms with E-state index in [1.807, 2.05) is 31.0 Å². The lowest BCUT2D eigenvalue weighted by atomic mass is 10.1. The zero-order valence-electron chi connectivity index (χ0n) is 9.88. The molecule has 0 aliphatic heterocycles. The number of benzene rings is 1. The molecule has 0 radical (unpaired) electrons. The molecular formula is C11H18ClN3O. The van der Waals surface area contributed by atoms with Gasteiger partial charge in [0.1, 0.15) is 5.75 Å². The van der Waals surface area contributed by atoms with Crippen molar-refractivity contribution in [1.29, 1.82) is 0 Å². The lowest BCUT2D eigenvalue weighted by molar-refractivity contribution is 0.295. The van der Waals surface area contributed by atoms with E-state index in [1.165, 1.54) is 0 Å². The maximum absolute atomic E-state index is 6.09. The smallest absolute Gasteiger partial charge is 0.123 e.